The molecule has 0 atom stereocenters. The summed E-state index contributed by atoms with van der Waals surface area (Å²) in [5.41, 5.74) is 0.772. The second kappa shape index (κ2) is 6.00. The second-order valence-corrected chi connectivity index (χ2v) is 3.26. The fraction of sp³-hybridized carbons (Fsp3) is 0.400. The van der Waals surface area contributed by atoms with E-state index in [0.717, 1.165) is 30.8 Å². The van der Waals surface area contributed by atoms with Gasteiger partial charge in [0.15, 0.2) is 0 Å². The molecule has 0 unspecified atom stereocenters. The molecule has 3 heteroatoms. The first kappa shape index (κ1) is 10.5. The first-order valence-corrected chi connectivity index (χ1v) is 5.03. The number of halogens is 1. The van der Waals surface area contributed by atoms with Crippen molar-refractivity contribution >= 4 is 12.6 Å². The van der Waals surface area contributed by atoms with Crippen LogP contribution in [0.25, 0.3) is 0 Å². The summed E-state index contributed by atoms with van der Waals surface area (Å²) in [5.74, 6) is 0.701. The van der Waals surface area contributed by atoms with Crippen LogP contribution < -0.4 is 5.32 Å². The Kier molecular flexibility index (Phi) is 4.86. The molecule has 13 heavy (non-hydrogen) atoms. The maximum absolute atomic E-state index is 13.1. The van der Waals surface area contributed by atoms with Crippen LogP contribution in [0.15, 0.2) is 24.3 Å². The standard InChI is InChI=1S/C10H14FNS/c11-10-4-2-1-3-9(10)5-6-12-7-8-13/h1-4,12-13H,5-8H2. The number of rotatable bonds is 5. The minimum absolute atomic E-state index is 0.116. The van der Waals surface area contributed by atoms with Gasteiger partial charge in [-0.2, -0.15) is 12.6 Å². The van der Waals surface area contributed by atoms with E-state index in [1.54, 1.807) is 6.07 Å². The Labute approximate surface area is 83.8 Å². The summed E-state index contributed by atoms with van der Waals surface area (Å²) in [4.78, 5) is 0. The average molecular weight is 199 g/mol. The van der Waals surface area contributed by atoms with Gasteiger partial charge in [0.2, 0.25) is 0 Å². The third-order valence-electron chi connectivity index (χ3n) is 1.82. The Hall–Kier alpha value is -0.540. The molecule has 0 aliphatic carbocycles. The van der Waals surface area contributed by atoms with Crippen molar-refractivity contribution in [1.29, 1.82) is 0 Å². The van der Waals surface area contributed by atoms with E-state index in [1.807, 2.05) is 12.1 Å². The highest BCUT2D eigenvalue weighted by Gasteiger charge is 1.98. The summed E-state index contributed by atoms with van der Waals surface area (Å²) in [5, 5.41) is 3.17. The maximum atomic E-state index is 13.1. The van der Waals surface area contributed by atoms with Gasteiger partial charge >= 0.3 is 0 Å². The first-order valence-electron chi connectivity index (χ1n) is 4.39. The van der Waals surface area contributed by atoms with Crippen molar-refractivity contribution in [2.24, 2.45) is 0 Å². The number of nitrogens with one attached hydrogen (secondary N) is 1. The quantitative estimate of drug-likeness (QED) is 0.545. The van der Waals surface area contributed by atoms with Gasteiger partial charge in [-0.1, -0.05) is 18.2 Å². The summed E-state index contributed by atoms with van der Waals surface area (Å²) in [6.07, 6.45) is 0.737. The first-order chi connectivity index (χ1) is 6.34. The van der Waals surface area contributed by atoms with Gasteiger partial charge in [0, 0.05) is 12.3 Å². The van der Waals surface area contributed by atoms with Crippen LogP contribution in [-0.2, 0) is 6.42 Å². The molecule has 0 bridgehead atoms. The molecule has 0 amide bonds. The van der Waals surface area contributed by atoms with Crippen molar-refractivity contribution in [2.45, 2.75) is 6.42 Å². The molecular weight excluding hydrogens is 185 g/mol. The van der Waals surface area contributed by atoms with Gasteiger partial charge in [-0.25, -0.2) is 4.39 Å². The molecule has 1 rings (SSSR count). The zero-order valence-electron chi connectivity index (χ0n) is 7.46. The molecule has 0 heterocycles. The number of hydrogen-bond donors (Lipinski definition) is 2. The van der Waals surface area contributed by atoms with E-state index in [9.17, 15) is 4.39 Å². The highest BCUT2D eigenvalue weighted by atomic mass is 32.1. The van der Waals surface area contributed by atoms with Gasteiger partial charge in [0.25, 0.3) is 0 Å². The summed E-state index contributed by atoms with van der Waals surface area (Å²) in [7, 11) is 0. The predicted molar refractivity (Wildman–Crippen MR) is 56.8 cm³/mol. The third kappa shape index (κ3) is 3.79. The minimum Gasteiger partial charge on any atom is -0.316 e. The van der Waals surface area contributed by atoms with E-state index in [2.05, 4.69) is 17.9 Å². The molecule has 1 nitrogen and oxygen atoms in total. The molecule has 0 fully saturated rings. The lowest BCUT2D eigenvalue weighted by atomic mass is 10.1. The van der Waals surface area contributed by atoms with Gasteiger partial charge in [-0.05, 0) is 24.6 Å². The molecule has 0 aliphatic rings. The SMILES string of the molecule is Fc1ccccc1CCNCCS. The van der Waals surface area contributed by atoms with Crippen LogP contribution in [0.5, 0.6) is 0 Å². The van der Waals surface area contributed by atoms with Gasteiger partial charge < -0.3 is 5.32 Å². The average Bonchev–Trinajstić information content (AvgIpc) is 2.15. The van der Waals surface area contributed by atoms with Crippen LogP contribution in [0.3, 0.4) is 0 Å². The number of hydrogen-bond acceptors (Lipinski definition) is 2. The van der Waals surface area contributed by atoms with E-state index in [-0.39, 0.29) is 5.82 Å². The van der Waals surface area contributed by atoms with Crippen LogP contribution in [0.2, 0.25) is 0 Å². The molecule has 0 spiro atoms. The molecule has 1 aromatic rings. The van der Waals surface area contributed by atoms with Crippen molar-refractivity contribution < 1.29 is 4.39 Å². The van der Waals surface area contributed by atoms with Crippen molar-refractivity contribution in [2.75, 3.05) is 18.8 Å². The lowest BCUT2D eigenvalue weighted by Gasteiger charge is -2.03. The van der Waals surface area contributed by atoms with Crippen molar-refractivity contribution in [3.05, 3.63) is 35.6 Å². The van der Waals surface area contributed by atoms with E-state index in [4.69, 9.17) is 0 Å². The lowest BCUT2D eigenvalue weighted by Crippen LogP contribution is -2.19. The minimum atomic E-state index is -0.116. The molecule has 72 valence electrons. The molecule has 0 saturated heterocycles. The summed E-state index contributed by atoms with van der Waals surface area (Å²) in [6, 6.07) is 6.88. The normalized spacial score (nSPS) is 10.3. The molecule has 1 aromatic carbocycles. The van der Waals surface area contributed by atoms with Gasteiger partial charge in [0.05, 0.1) is 0 Å². The predicted octanol–water partition coefficient (Wildman–Crippen LogP) is 1.89. The summed E-state index contributed by atoms with van der Waals surface area (Å²) in [6.45, 7) is 1.68. The molecule has 0 aromatic heterocycles. The fourth-order valence-corrected chi connectivity index (χ4v) is 1.29. The van der Waals surface area contributed by atoms with Crippen LogP contribution in [-0.4, -0.2) is 18.8 Å². The Morgan fingerprint density at radius 3 is 2.69 bits per heavy atom. The van der Waals surface area contributed by atoms with Gasteiger partial charge in [0.1, 0.15) is 5.82 Å². The zero-order valence-corrected chi connectivity index (χ0v) is 8.36. The molecule has 0 radical (unpaired) electrons. The highest BCUT2D eigenvalue weighted by molar-refractivity contribution is 7.80. The van der Waals surface area contributed by atoms with E-state index in [1.165, 1.54) is 6.07 Å². The second-order valence-electron chi connectivity index (χ2n) is 2.82. The lowest BCUT2D eigenvalue weighted by molar-refractivity contribution is 0.601. The maximum Gasteiger partial charge on any atom is 0.126 e. The summed E-state index contributed by atoms with van der Waals surface area (Å²) < 4.78 is 13.1. The van der Waals surface area contributed by atoms with Crippen LogP contribution >= 0.6 is 12.6 Å². The highest BCUT2D eigenvalue weighted by Crippen LogP contribution is 2.05. The van der Waals surface area contributed by atoms with Gasteiger partial charge in [-0.3, -0.25) is 0 Å². The largest absolute Gasteiger partial charge is 0.316 e. The van der Waals surface area contributed by atoms with Crippen LogP contribution in [0.4, 0.5) is 4.39 Å². The fourth-order valence-electron chi connectivity index (χ4n) is 1.13. The Balaban J connectivity index is 2.32. The monoisotopic (exact) mass is 199 g/mol. The van der Waals surface area contributed by atoms with Crippen molar-refractivity contribution in [3.63, 3.8) is 0 Å². The molecule has 1 N–H and O–H groups in total. The van der Waals surface area contributed by atoms with E-state index in [0.29, 0.717) is 0 Å². The Bertz CT molecular complexity index is 252. The Morgan fingerprint density at radius 1 is 1.23 bits per heavy atom. The van der Waals surface area contributed by atoms with Crippen molar-refractivity contribution in [1.82, 2.24) is 5.32 Å². The number of thiol groups is 1. The van der Waals surface area contributed by atoms with E-state index < -0.39 is 0 Å². The Morgan fingerprint density at radius 2 is 2.00 bits per heavy atom. The van der Waals surface area contributed by atoms with E-state index >= 15 is 0 Å². The topological polar surface area (TPSA) is 12.0 Å². The smallest absolute Gasteiger partial charge is 0.126 e. The van der Waals surface area contributed by atoms with Crippen molar-refractivity contribution in [3.8, 4) is 0 Å². The zero-order chi connectivity index (χ0) is 9.52. The van der Waals surface area contributed by atoms with Crippen LogP contribution in [0, 0.1) is 5.82 Å². The molecular formula is C10H14FNS. The molecule has 0 aliphatic heterocycles. The molecule has 0 saturated carbocycles. The van der Waals surface area contributed by atoms with Gasteiger partial charge in [-0.15, -0.1) is 0 Å². The third-order valence-corrected chi connectivity index (χ3v) is 2.04. The number of benzene rings is 1. The summed E-state index contributed by atoms with van der Waals surface area (Å²) >= 11 is 4.06. The van der Waals surface area contributed by atoms with Crippen LogP contribution in [0.1, 0.15) is 5.56 Å².